The molecule has 0 saturated heterocycles. The zero-order valence-corrected chi connectivity index (χ0v) is 10.3. The molecule has 7 heteroatoms. The molecule has 0 amide bonds. The standard InChI is InChI=1S/C11H14BF4NO/c1-6(2)17-10(12,18)8-5-7(11(14,15)16)3-4-9(8)13/h3-6,17-18H,12H2,1-2H3. The highest BCUT2D eigenvalue weighted by Gasteiger charge is 2.34. The minimum absolute atomic E-state index is 0.214. The first-order valence-corrected chi connectivity index (χ1v) is 5.41. The van der Waals surface area contributed by atoms with Gasteiger partial charge in [-0.15, -0.1) is 0 Å². The van der Waals surface area contributed by atoms with Gasteiger partial charge in [-0.1, -0.05) is 0 Å². The Bertz CT molecular complexity index is 432. The van der Waals surface area contributed by atoms with Gasteiger partial charge in [-0.05, 0) is 32.0 Å². The van der Waals surface area contributed by atoms with Crippen molar-refractivity contribution in [3.8, 4) is 0 Å². The van der Waals surface area contributed by atoms with E-state index in [2.05, 4.69) is 5.32 Å². The monoisotopic (exact) mass is 263 g/mol. The molecule has 0 bridgehead atoms. The number of aliphatic hydroxyl groups is 1. The van der Waals surface area contributed by atoms with E-state index in [1.165, 1.54) is 7.85 Å². The van der Waals surface area contributed by atoms with Crippen LogP contribution in [-0.2, 0) is 11.8 Å². The van der Waals surface area contributed by atoms with Gasteiger partial charge >= 0.3 is 6.18 Å². The van der Waals surface area contributed by atoms with Gasteiger partial charge in [0.25, 0.3) is 0 Å². The van der Waals surface area contributed by atoms with E-state index in [-0.39, 0.29) is 6.04 Å². The van der Waals surface area contributed by atoms with Crippen LogP contribution in [0.2, 0.25) is 0 Å². The SMILES string of the molecule is BC(O)(NC(C)C)c1cc(C(F)(F)F)ccc1F. The van der Waals surface area contributed by atoms with Gasteiger partial charge in [0.15, 0.2) is 7.85 Å². The molecule has 1 unspecified atom stereocenters. The first-order chi connectivity index (χ1) is 8.04. The van der Waals surface area contributed by atoms with E-state index in [1.54, 1.807) is 13.8 Å². The lowest BCUT2D eigenvalue weighted by Gasteiger charge is -2.29. The Morgan fingerprint density at radius 1 is 1.28 bits per heavy atom. The van der Waals surface area contributed by atoms with E-state index in [9.17, 15) is 22.7 Å². The summed E-state index contributed by atoms with van der Waals surface area (Å²) >= 11 is 0. The normalized spacial score (nSPS) is 15.8. The number of benzene rings is 1. The second kappa shape index (κ2) is 4.89. The average Bonchev–Trinajstić information content (AvgIpc) is 2.13. The first kappa shape index (κ1) is 15.0. The van der Waals surface area contributed by atoms with Crippen LogP contribution in [-0.4, -0.2) is 19.0 Å². The zero-order chi connectivity index (χ0) is 14.1. The summed E-state index contributed by atoms with van der Waals surface area (Å²) < 4.78 is 51.1. The van der Waals surface area contributed by atoms with Gasteiger partial charge in [0.05, 0.1) is 5.56 Å². The van der Waals surface area contributed by atoms with Crippen LogP contribution in [0.5, 0.6) is 0 Å². The molecule has 100 valence electrons. The van der Waals surface area contributed by atoms with Crippen molar-refractivity contribution >= 4 is 7.85 Å². The lowest BCUT2D eigenvalue weighted by Crippen LogP contribution is -2.47. The molecule has 0 heterocycles. The van der Waals surface area contributed by atoms with Gasteiger partial charge in [0.1, 0.15) is 11.4 Å². The number of hydrogen-bond acceptors (Lipinski definition) is 2. The Kier molecular flexibility index (Phi) is 4.07. The Morgan fingerprint density at radius 3 is 2.28 bits per heavy atom. The molecule has 1 rings (SSSR count). The molecular formula is C11H14BF4NO. The molecule has 1 aromatic carbocycles. The van der Waals surface area contributed by atoms with Gasteiger partial charge in [-0.3, -0.25) is 5.32 Å². The van der Waals surface area contributed by atoms with Crippen molar-refractivity contribution in [2.45, 2.75) is 31.7 Å². The fourth-order valence-corrected chi connectivity index (χ4v) is 1.71. The Hall–Kier alpha value is -1.08. The number of nitrogens with one attached hydrogen (secondary N) is 1. The third-order valence-corrected chi connectivity index (χ3v) is 2.39. The summed E-state index contributed by atoms with van der Waals surface area (Å²) in [5.41, 5.74) is -3.28. The highest BCUT2D eigenvalue weighted by atomic mass is 19.4. The summed E-state index contributed by atoms with van der Waals surface area (Å²) in [5, 5.41) is 12.6. The maximum absolute atomic E-state index is 13.5. The number of halogens is 4. The van der Waals surface area contributed by atoms with Crippen LogP contribution in [0.15, 0.2) is 18.2 Å². The van der Waals surface area contributed by atoms with Crippen molar-refractivity contribution in [1.29, 1.82) is 0 Å². The van der Waals surface area contributed by atoms with Gasteiger partial charge in [0.2, 0.25) is 0 Å². The summed E-state index contributed by atoms with van der Waals surface area (Å²) in [6.45, 7) is 3.39. The lowest BCUT2D eigenvalue weighted by atomic mass is 9.82. The van der Waals surface area contributed by atoms with Crippen molar-refractivity contribution in [1.82, 2.24) is 5.32 Å². The summed E-state index contributed by atoms with van der Waals surface area (Å²) in [6.07, 6.45) is -4.57. The highest BCUT2D eigenvalue weighted by Crippen LogP contribution is 2.32. The smallest absolute Gasteiger partial charge is 0.380 e. The van der Waals surface area contributed by atoms with Crippen molar-refractivity contribution in [3.05, 3.63) is 35.1 Å². The zero-order valence-electron chi connectivity index (χ0n) is 10.3. The second-order valence-corrected chi connectivity index (χ2v) is 4.56. The molecule has 18 heavy (non-hydrogen) atoms. The van der Waals surface area contributed by atoms with E-state index >= 15 is 0 Å². The first-order valence-electron chi connectivity index (χ1n) is 5.41. The molecule has 1 atom stereocenters. The predicted octanol–water partition coefficient (Wildman–Crippen LogP) is 1.58. The van der Waals surface area contributed by atoms with Crippen LogP contribution >= 0.6 is 0 Å². The topological polar surface area (TPSA) is 32.3 Å². The molecule has 0 aliphatic carbocycles. The fraction of sp³-hybridized carbons (Fsp3) is 0.455. The van der Waals surface area contributed by atoms with Crippen LogP contribution in [0, 0.1) is 5.82 Å². The largest absolute Gasteiger partial charge is 0.416 e. The van der Waals surface area contributed by atoms with E-state index in [0.717, 1.165) is 0 Å². The molecule has 0 fully saturated rings. The number of hydrogen-bond donors (Lipinski definition) is 2. The van der Waals surface area contributed by atoms with Crippen LogP contribution in [0.3, 0.4) is 0 Å². The van der Waals surface area contributed by atoms with Crippen molar-refractivity contribution in [2.24, 2.45) is 0 Å². The van der Waals surface area contributed by atoms with Gasteiger partial charge in [-0.2, -0.15) is 13.2 Å². The summed E-state index contributed by atoms with van der Waals surface area (Å²) in [6, 6.07) is 1.75. The molecule has 0 radical (unpaired) electrons. The summed E-state index contributed by atoms with van der Waals surface area (Å²) in [4.78, 5) is 0. The molecule has 0 aromatic heterocycles. The lowest BCUT2D eigenvalue weighted by molar-refractivity contribution is -0.137. The Morgan fingerprint density at radius 2 is 1.83 bits per heavy atom. The minimum Gasteiger partial charge on any atom is -0.380 e. The predicted molar refractivity (Wildman–Crippen MR) is 62.1 cm³/mol. The van der Waals surface area contributed by atoms with Gasteiger partial charge in [-0.25, -0.2) is 4.39 Å². The Labute approximate surface area is 103 Å². The second-order valence-electron chi connectivity index (χ2n) is 4.56. The Balaban J connectivity index is 3.23. The molecule has 1 aromatic rings. The van der Waals surface area contributed by atoms with Crippen molar-refractivity contribution in [3.63, 3.8) is 0 Å². The number of alkyl halides is 3. The molecule has 2 N–H and O–H groups in total. The molecular weight excluding hydrogens is 249 g/mol. The van der Waals surface area contributed by atoms with Crippen molar-refractivity contribution in [2.75, 3.05) is 0 Å². The van der Waals surface area contributed by atoms with E-state index in [4.69, 9.17) is 0 Å². The molecule has 2 nitrogen and oxygen atoms in total. The summed E-state index contributed by atoms with van der Waals surface area (Å²) in [5.74, 6) is -0.888. The van der Waals surface area contributed by atoms with Crippen LogP contribution in [0.4, 0.5) is 17.6 Å². The van der Waals surface area contributed by atoms with Crippen molar-refractivity contribution < 1.29 is 22.7 Å². The average molecular weight is 263 g/mol. The molecule has 0 aliphatic rings. The third-order valence-electron chi connectivity index (χ3n) is 2.39. The van der Waals surface area contributed by atoms with Gasteiger partial charge < -0.3 is 5.11 Å². The van der Waals surface area contributed by atoms with E-state index < -0.39 is 28.7 Å². The van der Waals surface area contributed by atoms with Crippen LogP contribution < -0.4 is 5.32 Å². The van der Waals surface area contributed by atoms with E-state index in [0.29, 0.717) is 18.2 Å². The highest BCUT2D eigenvalue weighted by molar-refractivity contribution is 6.14. The van der Waals surface area contributed by atoms with Crippen LogP contribution in [0.25, 0.3) is 0 Å². The third kappa shape index (κ3) is 3.46. The fourth-order valence-electron chi connectivity index (χ4n) is 1.71. The molecule has 0 saturated carbocycles. The summed E-state index contributed by atoms with van der Waals surface area (Å²) in [7, 11) is 1.21. The molecule has 0 spiro atoms. The van der Waals surface area contributed by atoms with E-state index in [1.807, 2.05) is 0 Å². The quantitative estimate of drug-likeness (QED) is 0.493. The minimum atomic E-state index is -4.57. The maximum Gasteiger partial charge on any atom is 0.416 e. The maximum atomic E-state index is 13.5. The number of rotatable bonds is 3. The van der Waals surface area contributed by atoms with Crippen LogP contribution in [0.1, 0.15) is 25.0 Å². The molecule has 0 aliphatic heterocycles. The van der Waals surface area contributed by atoms with Gasteiger partial charge in [0, 0.05) is 11.6 Å².